The van der Waals surface area contributed by atoms with Crippen LogP contribution in [-0.4, -0.2) is 44.0 Å². The summed E-state index contributed by atoms with van der Waals surface area (Å²) in [6.07, 6.45) is 6.59. The first-order chi connectivity index (χ1) is 12.2. The van der Waals surface area contributed by atoms with Gasteiger partial charge < -0.3 is 4.90 Å². The van der Waals surface area contributed by atoms with Crippen LogP contribution in [0.4, 0.5) is 10.2 Å². The van der Waals surface area contributed by atoms with Crippen LogP contribution >= 0.6 is 0 Å². The largest absolute Gasteiger partial charge is 0.356 e. The fourth-order valence-corrected chi connectivity index (χ4v) is 2.98. The molecule has 128 valence electrons. The molecule has 0 aliphatic carbocycles. The van der Waals surface area contributed by atoms with Gasteiger partial charge in [0.15, 0.2) is 5.82 Å². The van der Waals surface area contributed by atoms with Crippen molar-refractivity contribution in [3.8, 4) is 16.9 Å². The lowest BCUT2D eigenvalue weighted by atomic mass is 10.1. The highest BCUT2D eigenvalue weighted by Gasteiger charge is 2.20. The minimum absolute atomic E-state index is 0.208. The van der Waals surface area contributed by atoms with Crippen molar-refractivity contribution in [2.45, 2.75) is 19.0 Å². The van der Waals surface area contributed by atoms with Crippen LogP contribution < -0.4 is 10.5 Å². The Balaban J connectivity index is 1.66. The highest BCUT2D eigenvalue weighted by Crippen LogP contribution is 2.20. The molecule has 8 heteroatoms. The zero-order chi connectivity index (χ0) is 17.2. The zero-order valence-corrected chi connectivity index (χ0v) is 13.5. The Labute approximate surface area is 143 Å². The minimum atomic E-state index is -0.745. The quantitative estimate of drug-likeness (QED) is 0.788. The molecule has 0 aromatic carbocycles. The van der Waals surface area contributed by atoms with Crippen molar-refractivity contribution in [1.29, 1.82) is 0 Å². The predicted octanol–water partition coefficient (Wildman–Crippen LogP) is 1.96. The Morgan fingerprint density at radius 2 is 2.00 bits per heavy atom. The van der Waals surface area contributed by atoms with Gasteiger partial charge in [0.2, 0.25) is 0 Å². The topological polar surface area (TPSA) is 79.7 Å². The average Bonchev–Trinajstić information content (AvgIpc) is 3.05. The normalized spacial score (nSPS) is 15.5. The maximum absolute atomic E-state index is 13.3. The van der Waals surface area contributed by atoms with E-state index in [1.54, 1.807) is 30.7 Å². The van der Waals surface area contributed by atoms with E-state index in [4.69, 9.17) is 0 Å². The molecule has 1 fully saturated rings. The lowest BCUT2D eigenvalue weighted by Crippen LogP contribution is -2.35. The van der Waals surface area contributed by atoms with Gasteiger partial charge >= 0.3 is 0 Å². The summed E-state index contributed by atoms with van der Waals surface area (Å²) in [6, 6.07) is 5.35. The lowest BCUT2D eigenvalue weighted by Gasteiger charge is -2.29. The van der Waals surface area contributed by atoms with Crippen LogP contribution in [0.2, 0.25) is 0 Å². The summed E-state index contributed by atoms with van der Waals surface area (Å²) in [5, 5.41) is 2.93. The number of piperidine rings is 1. The van der Waals surface area contributed by atoms with Crippen molar-refractivity contribution in [3.05, 3.63) is 53.5 Å². The molecule has 0 bridgehead atoms. The number of alkyl halides is 1. The third-order valence-electron chi connectivity index (χ3n) is 4.36. The first-order valence-electron chi connectivity index (χ1n) is 8.14. The van der Waals surface area contributed by atoms with Gasteiger partial charge in [-0.25, -0.2) is 19.0 Å². The molecule has 4 heterocycles. The summed E-state index contributed by atoms with van der Waals surface area (Å²) in [5.74, 6) is 1.15. The van der Waals surface area contributed by atoms with E-state index >= 15 is 0 Å². The number of hydrogen-bond acceptors (Lipinski definition) is 5. The van der Waals surface area contributed by atoms with E-state index in [-0.39, 0.29) is 5.56 Å². The van der Waals surface area contributed by atoms with Crippen molar-refractivity contribution < 1.29 is 4.39 Å². The van der Waals surface area contributed by atoms with Gasteiger partial charge in [-0.2, -0.15) is 0 Å². The predicted molar refractivity (Wildman–Crippen MR) is 91.6 cm³/mol. The van der Waals surface area contributed by atoms with Crippen molar-refractivity contribution in [3.63, 3.8) is 0 Å². The molecule has 3 aromatic rings. The Morgan fingerprint density at radius 1 is 1.20 bits per heavy atom. The van der Waals surface area contributed by atoms with E-state index in [1.807, 2.05) is 11.0 Å². The molecular formula is C17H17FN6O. The fraction of sp³-hybridized carbons (Fsp3) is 0.294. The summed E-state index contributed by atoms with van der Waals surface area (Å²) in [5.41, 5.74) is 1.05. The molecule has 0 saturated carbocycles. The second-order valence-corrected chi connectivity index (χ2v) is 5.97. The van der Waals surface area contributed by atoms with Gasteiger partial charge in [0.05, 0.1) is 5.56 Å². The highest BCUT2D eigenvalue weighted by atomic mass is 19.1. The molecule has 0 unspecified atom stereocenters. The van der Waals surface area contributed by atoms with Crippen molar-refractivity contribution in [2.75, 3.05) is 18.0 Å². The molecule has 0 amide bonds. The second kappa shape index (κ2) is 6.46. The van der Waals surface area contributed by atoms with Crippen LogP contribution in [0.3, 0.4) is 0 Å². The summed E-state index contributed by atoms with van der Waals surface area (Å²) in [4.78, 5) is 27.2. The Kier molecular flexibility index (Phi) is 4.01. The van der Waals surface area contributed by atoms with Gasteiger partial charge in [0, 0.05) is 43.3 Å². The Hall–Kier alpha value is -3.03. The van der Waals surface area contributed by atoms with Crippen LogP contribution in [0, 0.1) is 0 Å². The van der Waals surface area contributed by atoms with Gasteiger partial charge in [-0.15, -0.1) is 0 Å². The number of hydrogen-bond donors (Lipinski definition) is 1. The van der Waals surface area contributed by atoms with Crippen molar-refractivity contribution in [1.82, 2.24) is 24.7 Å². The molecular weight excluding hydrogens is 323 g/mol. The maximum atomic E-state index is 13.3. The maximum Gasteiger partial charge on any atom is 0.280 e. The summed E-state index contributed by atoms with van der Waals surface area (Å²) < 4.78 is 14.7. The van der Waals surface area contributed by atoms with E-state index in [0.717, 1.165) is 5.56 Å². The number of anilines is 1. The SMILES string of the molecule is O=c1c(-c2cccnc2)c[nH]n1-c1cc(N2CCC(F)CC2)ncn1. The van der Waals surface area contributed by atoms with Crippen LogP contribution in [0.15, 0.2) is 47.9 Å². The van der Waals surface area contributed by atoms with Crippen LogP contribution in [0.5, 0.6) is 0 Å². The van der Waals surface area contributed by atoms with Gasteiger partial charge in [-0.3, -0.25) is 14.9 Å². The molecule has 7 nitrogen and oxygen atoms in total. The number of halogens is 1. The lowest BCUT2D eigenvalue weighted by molar-refractivity contribution is 0.276. The number of aromatic amines is 1. The second-order valence-electron chi connectivity index (χ2n) is 5.97. The standard InChI is InChI=1S/C17H17FN6O/c18-13-3-6-23(7-4-13)15-8-16(21-11-20-15)24-17(25)14(10-22-24)12-2-1-5-19-9-12/h1-2,5,8-11,13,22H,3-4,6-7H2. The summed E-state index contributed by atoms with van der Waals surface area (Å²) >= 11 is 0. The fourth-order valence-electron chi connectivity index (χ4n) is 2.98. The minimum Gasteiger partial charge on any atom is -0.356 e. The Bertz CT molecular complexity index is 914. The van der Waals surface area contributed by atoms with Gasteiger partial charge in [0.25, 0.3) is 5.56 Å². The number of aromatic nitrogens is 5. The van der Waals surface area contributed by atoms with E-state index in [0.29, 0.717) is 43.1 Å². The smallest absolute Gasteiger partial charge is 0.280 e. The highest BCUT2D eigenvalue weighted by molar-refractivity contribution is 5.60. The van der Waals surface area contributed by atoms with Crippen LogP contribution in [0.1, 0.15) is 12.8 Å². The first-order valence-corrected chi connectivity index (χ1v) is 8.14. The third-order valence-corrected chi connectivity index (χ3v) is 4.36. The molecule has 4 rings (SSSR count). The van der Waals surface area contributed by atoms with Gasteiger partial charge in [-0.1, -0.05) is 6.07 Å². The molecule has 1 saturated heterocycles. The average molecular weight is 340 g/mol. The number of rotatable bonds is 3. The van der Waals surface area contributed by atoms with E-state index in [2.05, 4.69) is 20.1 Å². The van der Waals surface area contributed by atoms with E-state index < -0.39 is 6.17 Å². The van der Waals surface area contributed by atoms with Crippen LogP contribution in [0.25, 0.3) is 16.9 Å². The summed E-state index contributed by atoms with van der Waals surface area (Å²) in [6.45, 7) is 1.22. The number of pyridine rings is 1. The van der Waals surface area contributed by atoms with E-state index in [1.165, 1.54) is 11.0 Å². The number of nitrogens with one attached hydrogen (secondary N) is 1. The van der Waals surface area contributed by atoms with E-state index in [9.17, 15) is 9.18 Å². The molecule has 25 heavy (non-hydrogen) atoms. The van der Waals surface area contributed by atoms with Crippen LogP contribution in [-0.2, 0) is 0 Å². The third kappa shape index (κ3) is 3.02. The van der Waals surface area contributed by atoms with Gasteiger partial charge in [0.1, 0.15) is 18.3 Å². The van der Waals surface area contributed by atoms with Gasteiger partial charge in [-0.05, 0) is 18.9 Å². The molecule has 3 aromatic heterocycles. The molecule has 0 spiro atoms. The molecule has 1 N–H and O–H groups in total. The number of H-pyrrole nitrogens is 1. The monoisotopic (exact) mass is 340 g/mol. The zero-order valence-electron chi connectivity index (χ0n) is 13.5. The summed E-state index contributed by atoms with van der Waals surface area (Å²) in [7, 11) is 0. The first kappa shape index (κ1) is 15.5. The molecule has 1 aliphatic heterocycles. The van der Waals surface area contributed by atoms with Crippen molar-refractivity contribution >= 4 is 5.82 Å². The molecule has 0 radical (unpaired) electrons. The Morgan fingerprint density at radius 3 is 2.76 bits per heavy atom. The molecule has 0 atom stereocenters. The molecule has 1 aliphatic rings. The number of nitrogens with zero attached hydrogens (tertiary/aromatic N) is 5. The van der Waals surface area contributed by atoms with Crippen molar-refractivity contribution in [2.24, 2.45) is 0 Å².